The van der Waals surface area contributed by atoms with E-state index in [0.717, 1.165) is 13.1 Å². The predicted molar refractivity (Wildman–Crippen MR) is 226 cm³/mol. The molecule has 258 valence electrons. The van der Waals surface area contributed by atoms with Crippen LogP contribution in [-0.2, 0) is 13.1 Å². The van der Waals surface area contributed by atoms with Crippen molar-refractivity contribution in [1.82, 2.24) is 10.6 Å². The van der Waals surface area contributed by atoms with Crippen LogP contribution in [0.3, 0.4) is 0 Å². The summed E-state index contributed by atoms with van der Waals surface area (Å²) in [5.74, 6) is 0. The van der Waals surface area contributed by atoms with E-state index in [4.69, 9.17) is 0 Å². The highest BCUT2D eigenvalue weighted by Crippen LogP contribution is 2.48. The SMILES string of the molecule is CNCc1ccc(-c2cc(-c3ccc(CNC)cc3)c3ccc4c(-c5ccc(N(C)C)cc5)cc(-c5ccc(N(C)C)cc5)c5ccc2c3c54)cc1. The van der Waals surface area contributed by atoms with Gasteiger partial charge in [0.15, 0.2) is 0 Å². The highest BCUT2D eigenvalue weighted by molar-refractivity contribution is 6.32. The van der Waals surface area contributed by atoms with Crippen molar-refractivity contribution in [2.24, 2.45) is 0 Å². The topological polar surface area (TPSA) is 30.5 Å². The average Bonchev–Trinajstić information content (AvgIpc) is 3.17. The van der Waals surface area contributed by atoms with Gasteiger partial charge in [-0.1, -0.05) is 97.1 Å². The number of nitrogens with one attached hydrogen (secondary N) is 2. The van der Waals surface area contributed by atoms with E-state index in [-0.39, 0.29) is 0 Å². The summed E-state index contributed by atoms with van der Waals surface area (Å²) in [6.07, 6.45) is 0. The highest BCUT2D eigenvalue weighted by Gasteiger charge is 2.21. The van der Waals surface area contributed by atoms with Crippen molar-refractivity contribution in [3.8, 4) is 44.5 Å². The maximum Gasteiger partial charge on any atom is 0.0361 e. The standard InChI is InChI=1S/C48H46N4/c1-49-29-31-7-11-33(12-8-31)43-27-44(34-13-9-32(10-14-34)30-50-2)40-24-26-42-46(36-17-21-38(22-18-36)52(5)6)28-45(35-15-19-37(20-16-35)51(3)4)41-25-23-39(43)47(40)48(41)42/h7-28,49-50H,29-30H2,1-6H3. The minimum Gasteiger partial charge on any atom is -0.378 e. The summed E-state index contributed by atoms with van der Waals surface area (Å²) in [6, 6.07) is 50.4. The van der Waals surface area contributed by atoms with Gasteiger partial charge in [-0.15, -0.1) is 0 Å². The minimum absolute atomic E-state index is 0.847. The molecule has 0 amide bonds. The molecule has 0 aromatic heterocycles. The summed E-state index contributed by atoms with van der Waals surface area (Å²) >= 11 is 0. The third-order valence-corrected chi connectivity index (χ3v) is 10.6. The van der Waals surface area contributed by atoms with Crippen LogP contribution in [0.5, 0.6) is 0 Å². The quantitative estimate of drug-likeness (QED) is 0.141. The first-order valence-corrected chi connectivity index (χ1v) is 18.2. The number of anilines is 2. The molecule has 4 nitrogen and oxygen atoms in total. The van der Waals surface area contributed by atoms with E-state index in [2.05, 4.69) is 182 Å². The van der Waals surface area contributed by atoms with Gasteiger partial charge in [0, 0.05) is 52.7 Å². The van der Waals surface area contributed by atoms with Crippen molar-refractivity contribution in [3.05, 3.63) is 145 Å². The molecule has 0 radical (unpaired) electrons. The van der Waals surface area contributed by atoms with E-state index in [1.807, 2.05) is 14.1 Å². The summed E-state index contributed by atoms with van der Waals surface area (Å²) in [5, 5.41) is 14.3. The molecule has 0 saturated carbocycles. The second-order valence-electron chi connectivity index (χ2n) is 14.4. The molecule has 0 atom stereocenters. The Bertz CT molecular complexity index is 2320. The Labute approximate surface area is 307 Å². The maximum atomic E-state index is 3.30. The van der Waals surface area contributed by atoms with Crippen molar-refractivity contribution < 1.29 is 0 Å². The van der Waals surface area contributed by atoms with Gasteiger partial charge in [0.2, 0.25) is 0 Å². The average molecular weight is 679 g/mol. The molecule has 0 spiro atoms. The van der Waals surface area contributed by atoms with Crippen LogP contribution in [0.4, 0.5) is 11.4 Å². The Hall–Kier alpha value is -5.68. The second-order valence-corrected chi connectivity index (χ2v) is 14.4. The molecular formula is C48H46N4. The third kappa shape index (κ3) is 5.94. The van der Waals surface area contributed by atoms with Crippen molar-refractivity contribution >= 4 is 43.7 Å². The van der Waals surface area contributed by atoms with E-state index >= 15 is 0 Å². The number of hydrogen-bond donors (Lipinski definition) is 2. The molecule has 2 N–H and O–H groups in total. The monoisotopic (exact) mass is 678 g/mol. The van der Waals surface area contributed by atoms with Gasteiger partial charge in [0.25, 0.3) is 0 Å². The van der Waals surface area contributed by atoms with Crippen molar-refractivity contribution in [2.45, 2.75) is 13.1 Å². The van der Waals surface area contributed by atoms with E-state index in [1.165, 1.54) is 99.3 Å². The fourth-order valence-corrected chi connectivity index (χ4v) is 7.84. The summed E-state index contributed by atoms with van der Waals surface area (Å²) in [7, 11) is 12.4. The zero-order valence-corrected chi connectivity index (χ0v) is 31.0. The molecule has 0 unspecified atom stereocenters. The lowest BCUT2D eigenvalue weighted by molar-refractivity contribution is 0.818. The lowest BCUT2D eigenvalue weighted by Gasteiger charge is -2.22. The molecule has 0 aliphatic heterocycles. The number of benzene rings is 8. The number of hydrogen-bond acceptors (Lipinski definition) is 4. The van der Waals surface area contributed by atoms with Gasteiger partial charge >= 0.3 is 0 Å². The number of rotatable bonds is 10. The molecule has 8 aromatic carbocycles. The Morgan fingerprint density at radius 1 is 0.365 bits per heavy atom. The normalized spacial score (nSPS) is 11.6. The molecule has 52 heavy (non-hydrogen) atoms. The smallest absolute Gasteiger partial charge is 0.0361 e. The third-order valence-electron chi connectivity index (χ3n) is 10.6. The van der Waals surface area contributed by atoms with Gasteiger partial charge in [-0.3, -0.25) is 0 Å². The molecule has 0 aliphatic carbocycles. The van der Waals surface area contributed by atoms with Gasteiger partial charge in [-0.05, 0) is 138 Å². The lowest BCUT2D eigenvalue weighted by Crippen LogP contribution is -2.08. The van der Waals surface area contributed by atoms with Gasteiger partial charge in [-0.25, -0.2) is 0 Å². The summed E-state index contributed by atoms with van der Waals surface area (Å²) in [4.78, 5) is 4.32. The first kappa shape index (κ1) is 33.5. The van der Waals surface area contributed by atoms with Crippen LogP contribution in [0.25, 0.3) is 76.8 Å². The van der Waals surface area contributed by atoms with Crippen LogP contribution in [-0.4, -0.2) is 42.3 Å². The molecule has 0 fully saturated rings. The van der Waals surface area contributed by atoms with Gasteiger partial charge in [-0.2, -0.15) is 0 Å². The first-order chi connectivity index (χ1) is 25.3. The van der Waals surface area contributed by atoms with E-state index in [0.29, 0.717) is 0 Å². The van der Waals surface area contributed by atoms with E-state index in [9.17, 15) is 0 Å². The first-order valence-electron chi connectivity index (χ1n) is 18.2. The Kier molecular flexibility index (Phi) is 8.88. The molecule has 0 bridgehead atoms. The van der Waals surface area contributed by atoms with Gasteiger partial charge in [0.1, 0.15) is 0 Å². The van der Waals surface area contributed by atoms with Crippen LogP contribution in [0.1, 0.15) is 11.1 Å². The largest absolute Gasteiger partial charge is 0.378 e. The minimum atomic E-state index is 0.847. The van der Waals surface area contributed by atoms with Crippen LogP contribution >= 0.6 is 0 Å². The zero-order chi connectivity index (χ0) is 35.9. The van der Waals surface area contributed by atoms with Crippen molar-refractivity contribution in [1.29, 1.82) is 0 Å². The van der Waals surface area contributed by atoms with Crippen molar-refractivity contribution in [2.75, 3.05) is 52.1 Å². The van der Waals surface area contributed by atoms with Crippen LogP contribution in [0.2, 0.25) is 0 Å². The molecule has 0 saturated heterocycles. The second kappa shape index (κ2) is 13.8. The van der Waals surface area contributed by atoms with Crippen LogP contribution in [0, 0.1) is 0 Å². The van der Waals surface area contributed by atoms with Crippen molar-refractivity contribution in [3.63, 3.8) is 0 Å². The Morgan fingerprint density at radius 3 is 0.885 bits per heavy atom. The fraction of sp³-hybridized carbons (Fsp3) is 0.167. The van der Waals surface area contributed by atoms with E-state index in [1.54, 1.807) is 0 Å². The Balaban J connectivity index is 1.47. The number of nitrogens with zero attached hydrogens (tertiary/aromatic N) is 2. The summed E-state index contributed by atoms with van der Waals surface area (Å²) < 4.78 is 0. The van der Waals surface area contributed by atoms with Crippen LogP contribution < -0.4 is 20.4 Å². The summed E-state index contributed by atoms with van der Waals surface area (Å²) in [5.41, 5.74) is 14.8. The molecule has 0 heterocycles. The zero-order valence-electron chi connectivity index (χ0n) is 31.0. The van der Waals surface area contributed by atoms with E-state index < -0.39 is 0 Å². The molecule has 8 aromatic rings. The molecule has 8 rings (SSSR count). The predicted octanol–water partition coefficient (Wildman–Crippen LogP) is 10.8. The lowest BCUT2D eigenvalue weighted by atomic mass is 9.82. The molecule has 0 aliphatic rings. The Morgan fingerprint density at radius 2 is 0.635 bits per heavy atom. The van der Waals surface area contributed by atoms with Gasteiger partial charge in [0.05, 0.1) is 0 Å². The van der Waals surface area contributed by atoms with Gasteiger partial charge < -0.3 is 20.4 Å². The fourth-order valence-electron chi connectivity index (χ4n) is 7.84. The highest BCUT2D eigenvalue weighted by atomic mass is 15.1. The molecule has 4 heteroatoms. The molecular weight excluding hydrogens is 633 g/mol. The van der Waals surface area contributed by atoms with Crippen LogP contribution in [0.15, 0.2) is 133 Å². The summed E-state index contributed by atoms with van der Waals surface area (Å²) in [6.45, 7) is 1.69. The maximum absolute atomic E-state index is 3.30.